The Morgan fingerprint density at radius 2 is 0.376 bits per heavy atom. The van der Waals surface area contributed by atoms with Crippen molar-refractivity contribution in [3.63, 3.8) is 0 Å². The van der Waals surface area contributed by atoms with Gasteiger partial charge in [0.25, 0.3) is 0 Å². The highest BCUT2D eigenvalue weighted by molar-refractivity contribution is 7.46. The van der Waals surface area contributed by atoms with Crippen LogP contribution in [0.1, 0.15) is 0 Å². The summed E-state index contributed by atoms with van der Waals surface area (Å²) in [6, 6.07) is 0. The monoisotopic (exact) mass is 1290 g/mol. The fourth-order valence-corrected chi connectivity index (χ4v) is 11.4. The number of phosphoric ester groups is 2. The van der Waals surface area contributed by atoms with Crippen molar-refractivity contribution >= 4 is 15.6 Å². The van der Waals surface area contributed by atoms with Crippen LogP contribution in [0.2, 0.25) is 0 Å². The van der Waals surface area contributed by atoms with Crippen LogP contribution in [0.4, 0.5) is 0 Å². The quantitative estimate of drug-likeness (QED) is 0.0854. The third-order valence-corrected chi connectivity index (χ3v) is 16.2. The van der Waals surface area contributed by atoms with E-state index in [1.807, 2.05) is 0 Å². The number of ether oxygens (including phenoxy) is 14. The van der Waals surface area contributed by atoms with Crippen molar-refractivity contribution in [3.05, 3.63) is 0 Å². The van der Waals surface area contributed by atoms with Crippen LogP contribution in [-0.4, -0.2) is 378 Å². The van der Waals surface area contributed by atoms with Gasteiger partial charge in [-0.15, -0.1) is 0 Å². The van der Waals surface area contributed by atoms with E-state index in [2.05, 4.69) is 9.05 Å². The minimum Gasteiger partial charge on any atom is -0.394 e. The number of rotatable bonds is 11. The Morgan fingerprint density at radius 1 is 0.235 bits per heavy atom. The Labute approximate surface area is 477 Å². The minimum absolute atomic E-state index is 1.13. The highest BCUT2D eigenvalue weighted by Crippen LogP contribution is 2.42. The zero-order valence-corrected chi connectivity index (χ0v) is 45.5. The van der Waals surface area contributed by atoms with Crippen LogP contribution in [0.3, 0.4) is 0 Å². The second-order valence-electron chi connectivity index (χ2n) is 20.9. The molecule has 0 amide bonds. The van der Waals surface area contributed by atoms with E-state index in [-0.39, 0.29) is 0 Å². The summed E-state index contributed by atoms with van der Waals surface area (Å²) in [6.07, 6.45) is -76.1. The van der Waals surface area contributed by atoms with Gasteiger partial charge in [-0.2, -0.15) is 0 Å². The van der Waals surface area contributed by atoms with Gasteiger partial charge in [0.15, 0.2) is 44.0 Å². The molecular formula is C42H72O41P2. The molecule has 14 bridgehead atoms. The van der Waals surface area contributed by atoms with Gasteiger partial charge in [0.1, 0.15) is 171 Å². The van der Waals surface area contributed by atoms with Crippen molar-refractivity contribution < 1.29 is 201 Å². The summed E-state index contributed by atoms with van der Waals surface area (Å²) in [5.41, 5.74) is 0. The molecule has 0 radical (unpaired) electrons. The number of phosphoric acid groups is 2. The molecule has 496 valence electrons. The van der Waals surface area contributed by atoms with Crippen molar-refractivity contribution in [3.8, 4) is 0 Å². The van der Waals surface area contributed by atoms with Gasteiger partial charge in [0, 0.05) is 0 Å². The van der Waals surface area contributed by atoms with E-state index in [0.29, 0.717) is 0 Å². The summed E-state index contributed by atoms with van der Waals surface area (Å²) in [4.78, 5) is 38.3. The Morgan fingerprint density at radius 3 is 0.518 bits per heavy atom. The molecule has 0 saturated carbocycles. The molecular weight excluding hydrogens is 1220 g/mol. The SMILES string of the molecule is O=P(O)(O)OC[C@H]1O[C@@H]2O[C@H]3[C@H](O)[C@@H](O)[C@@H](O[C@H]4[C@H](O)[C@@H](O)[C@@H](O[C@H]5[C@H](O)[C@@H](O)[C@@H](O[C@H]6[C@H](O)[C@@H](O)[C@@H](O[C@H]7[C@H](O)[C@@H](O)[C@@H](O[C@H]8[C@H](O)[C@@H](O)[C@@H](O[C@H]1[C@H](O)[C@H]2O)O[C@@H]8CO)O[C@@H]7CO)O[C@@H]6CO)O[C@@H]5COP(=O)(O)O)O[C@@H]4CO)O[C@@H]3CO. The normalized spacial score (nSPS) is 51.7. The Bertz CT molecular complexity index is 2170. The lowest BCUT2D eigenvalue weighted by Gasteiger charge is -2.50. The molecule has 0 unspecified atom stereocenters. The number of hydrogen-bond donors (Lipinski definition) is 23. The summed E-state index contributed by atoms with van der Waals surface area (Å²) in [6.45, 7) is -8.32. The van der Waals surface area contributed by atoms with E-state index in [4.69, 9.17) is 66.3 Å². The Hall–Kier alpha value is -1.10. The summed E-state index contributed by atoms with van der Waals surface area (Å²) in [7, 11) is -10.9. The Balaban J connectivity index is 1.11. The van der Waals surface area contributed by atoms with Crippen LogP contribution < -0.4 is 0 Å². The molecule has 21 aliphatic rings. The molecule has 0 aromatic carbocycles. The Kier molecular flexibility index (Phi) is 23.7. The van der Waals surface area contributed by atoms with Crippen LogP contribution >= 0.6 is 15.6 Å². The van der Waals surface area contributed by atoms with E-state index in [1.54, 1.807) is 0 Å². The van der Waals surface area contributed by atoms with Gasteiger partial charge < -0.3 is 183 Å². The fourth-order valence-electron chi connectivity index (χ4n) is 10.7. The molecule has 85 heavy (non-hydrogen) atoms. The van der Waals surface area contributed by atoms with Gasteiger partial charge >= 0.3 is 15.6 Å². The van der Waals surface area contributed by atoms with E-state index in [9.17, 15) is 126 Å². The maximum absolute atomic E-state index is 11.9. The van der Waals surface area contributed by atoms with Gasteiger partial charge in [-0.25, -0.2) is 9.13 Å². The van der Waals surface area contributed by atoms with Crippen LogP contribution in [-0.2, 0) is 84.5 Å². The van der Waals surface area contributed by atoms with Crippen LogP contribution in [0, 0.1) is 0 Å². The molecule has 21 heterocycles. The minimum atomic E-state index is -5.45. The van der Waals surface area contributed by atoms with Gasteiger partial charge in [0.2, 0.25) is 0 Å². The van der Waals surface area contributed by atoms with Crippen molar-refractivity contribution in [1.82, 2.24) is 0 Å². The second kappa shape index (κ2) is 28.8. The molecule has 21 rings (SSSR count). The first-order valence-electron chi connectivity index (χ1n) is 26.1. The van der Waals surface area contributed by atoms with Crippen molar-refractivity contribution in [1.29, 1.82) is 0 Å². The van der Waals surface area contributed by atoms with Crippen LogP contribution in [0.25, 0.3) is 0 Å². The largest absolute Gasteiger partial charge is 0.469 e. The van der Waals surface area contributed by atoms with E-state index in [0.717, 1.165) is 0 Å². The molecule has 0 aliphatic carbocycles. The van der Waals surface area contributed by atoms with Crippen molar-refractivity contribution in [2.24, 2.45) is 0 Å². The third-order valence-electron chi connectivity index (χ3n) is 15.2. The third kappa shape index (κ3) is 15.2. The molecule has 43 heteroatoms. The topological polar surface area (TPSA) is 647 Å². The highest BCUT2D eigenvalue weighted by atomic mass is 31.2. The van der Waals surface area contributed by atoms with Gasteiger partial charge in [-0.1, -0.05) is 0 Å². The lowest BCUT2D eigenvalue weighted by Crippen LogP contribution is -2.68. The molecule has 21 saturated heterocycles. The van der Waals surface area contributed by atoms with Crippen LogP contribution in [0.15, 0.2) is 0 Å². The summed E-state index contributed by atoms with van der Waals surface area (Å²) in [5.74, 6) is 0. The highest BCUT2D eigenvalue weighted by Gasteiger charge is 2.60. The van der Waals surface area contributed by atoms with Gasteiger partial charge in [-0.05, 0) is 0 Å². The first-order valence-corrected chi connectivity index (χ1v) is 29.2. The smallest absolute Gasteiger partial charge is 0.394 e. The molecule has 0 aromatic heterocycles. The number of aliphatic hydroxyl groups excluding tert-OH is 19. The first kappa shape index (κ1) is 69.8. The zero-order chi connectivity index (χ0) is 62.5. The second-order valence-corrected chi connectivity index (χ2v) is 23.3. The van der Waals surface area contributed by atoms with E-state index in [1.165, 1.54) is 0 Å². The molecule has 23 N–H and O–H groups in total. The summed E-state index contributed by atoms with van der Waals surface area (Å²) < 4.78 is 112. The average molecular weight is 1290 g/mol. The molecule has 21 aliphatic heterocycles. The van der Waals surface area contributed by atoms with Gasteiger partial charge in [-0.3, -0.25) is 9.05 Å². The lowest BCUT2D eigenvalue weighted by atomic mass is 9.95. The summed E-state index contributed by atoms with van der Waals surface area (Å²) >= 11 is 0. The molecule has 21 fully saturated rings. The zero-order valence-electron chi connectivity index (χ0n) is 43.7. The summed E-state index contributed by atoms with van der Waals surface area (Å²) in [5, 5.41) is 212. The molecule has 35 atom stereocenters. The molecule has 41 nitrogen and oxygen atoms in total. The van der Waals surface area contributed by atoms with Crippen LogP contribution in [0.5, 0.6) is 0 Å². The average Bonchev–Trinajstić information content (AvgIpc) is 1.89. The maximum atomic E-state index is 11.9. The number of hydrogen-bond acceptors (Lipinski definition) is 37. The standard InChI is InChI=1S/C42H72O41P2/c43-1-8-29-15(48)22(55)36(70-8)78-30-9(2-44)73-39(25(58)18(30)51)82-34-13(6-68-84(62,63)64)76-42(28(61)21(34)54)81-33-12(5-47)72-38(24(57)17(33)50)79-31-10(3-45)74-40(26(59)19(31)52)83-35-14(7-69-85(65,66)67)75-41(27(60)20(35)53)80-32-11(4-46)71-37(77-29)23(56)16(32)49/h8-61H,1-7H2,(H2,62,63,64)(H2,65,66,67)/t8-,9-,10-,11-,12-,13-,14-,15-,16-,17-,18-,19-,20-,21-,22-,23-,24-,25-,26-,27-,28-,29-,30-,31-,32-,33-,34-,35-,36-,37-,38-,39-,40-,41-,42-/m1/s1. The van der Waals surface area contributed by atoms with E-state index >= 15 is 0 Å². The lowest BCUT2D eigenvalue weighted by molar-refractivity contribution is -0.396. The molecule has 0 aromatic rings. The number of aliphatic hydroxyl groups is 19. The fraction of sp³-hybridized carbons (Fsp3) is 1.00. The van der Waals surface area contributed by atoms with Crippen molar-refractivity contribution in [2.45, 2.75) is 215 Å². The molecule has 0 spiro atoms. The van der Waals surface area contributed by atoms with E-state index < -0.39 is 277 Å². The predicted molar refractivity (Wildman–Crippen MR) is 250 cm³/mol. The van der Waals surface area contributed by atoms with Crippen molar-refractivity contribution in [2.75, 3.05) is 46.2 Å². The van der Waals surface area contributed by atoms with Gasteiger partial charge in [0.05, 0.1) is 46.2 Å². The predicted octanol–water partition coefficient (Wildman–Crippen LogP) is -15.0. The maximum Gasteiger partial charge on any atom is 0.469 e. The first-order chi connectivity index (χ1) is 39.9.